The fourth-order valence-electron chi connectivity index (χ4n) is 3.54. The SMILES string of the molecule is O=C(O)COCC1CCC(COC(=O)N(c2ccccc2)c2ccc(Cl)cn2)CC1. The van der Waals surface area contributed by atoms with E-state index in [9.17, 15) is 9.59 Å². The first-order valence-electron chi connectivity index (χ1n) is 9.96. The summed E-state index contributed by atoms with van der Waals surface area (Å²) in [5.74, 6) is 0.125. The Kier molecular flexibility index (Phi) is 8.04. The summed E-state index contributed by atoms with van der Waals surface area (Å²) in [6.45, 7) is 0.535. The van der Waals surface area contributed by atoms with Crippen molar-refractivity contribution in [2.24, 2.45) is 11.8 Å². The van der Waals surface area contributed by atoms with Gasteiger partial charge in [0.2, 0.25) is 0 Å². The van der Waals surface area contributed by atoms with E-state index in [4.69, 9.17) is 26.2 Å². The normalized spacial score (nSPS) is 18.6. The number of ether oxygens (including phenoxy) is 2. The minimum absolute atomic E-state index is 0.258. The number of halogens is 1. The number of carbonyl (C=O) groups excluding carboxylic acids is 1. The largest absolute Gasteiger partial charge is 0.480 e. The zero-order valence-corrected chi connectivity index (χ0v) is 17.3. The van der Waals surface area contributed by atoms with Gasteiger partial charge in [0.05, 0.1) is 23.9 Å². The van der Waals surface area contributed by atoms with Gasteiger partial charge in [-0.25, -0.2) is 19.5 Å². The molecule has 1 amide bonds. The number of aliphatic carboxylic acids is 1. The van der Waals surface area contributed by atoms with Crippen molar-refractivity contribution in [3.63, 3.8) is 0 Å². The highest BCUT2D eigenvalue weighted by molar-refractivity contribution is 6.30. The van der Waals surface area contributed by atoms with E-state index in [1.165, 1.54) is 11.1 Å². The Morgan fingerprint density at radius 2 is 1.70 bits per heavy atom. The molecule has 7 nitrogen and oxygen atoms in total. The second kappa shape index (κ2) is 10.9. The molecular formula is C22H25ClN2O5. The molecule has 1 aliphatic rings. The van der Waals surface area contributed by atoms with E-state index >= 15 is 0 Å². The summed E-state index contributed by atoms with van der Waals surface area (Å²) in [7, 11) is 0. The van der Waals surface area contributed by atoms with Crippen molar-refractivity contribution in [2.75, 3.05) is 24.7 Å². The summed E-state index contributed by atoms with van der Waals surface area (Å²) >= 11 is 5.93. The number of pyridine rings is 1. The molecule has 1 aromatic carbocycles. The fraction of sp³-hybridized carbons (Fsp3) is 0.409. The van der Waals surface area contributed by atoms with Gasteiger partial charge < -0.3 is 14.6 Å². The molecule has 0 spiro atoms. The zero-order chi connectivity index (χ0) is 21.3. The number of para-hydroxylation sites is 1. The van der Waals surface area contributed by atoms with Gasteiger partial charge in [0.25, 0.3) is 0 Å². The lowest BCUT2D eigenvalue weighted by Gasteiger charge is -2.29. The lowest BCUT2D eigenvalue weighted by Crippen LogP contribution is -2.30. The second-order valence-electron chi connectivity index (χ2n) is 7.38. The number of rotatable bonds is 8. The number of carboxylic acids is 1. The standard InChI is InChI=1S/C22H25ClN2O5/c23-18-10-11-20(24-12-18)25(19-4-2-1-3-5-19)22(28)30-14-17-8-6-16(7-9-17)13-29-15-21(26)27/h1-5,10-12,16-17H,6-9,13-15H2,(H,26,27). The van der Waals surface area contributed by atoms with Crippen molar-refractivity contribution in [2.45, 2.75) is 25.7 Å². The summed E-state index contributed by atoms with van der Waals surface area (Å²) < 4.78 is 10.8. The Morgan fingerprint density at radius 3 is 2.30 bits per heavy atom. The third kappa shape index (κ3) is 6.43. The molecule has 3 rings (SSSR count). The van der Waals surface area contributed by atoms with Crippen LogP contribution in [0.3, 0.4) is 0 Å². The lowest BCUT2D eigenvalue weighted by atomic mass is 9.83. The molecule has 1 heterocycles. The van der Waals surface area contributed by atoms with Crippen LogP contribution >= 0.6 is 11.6 Å². The highest BCUT2D eigenvalue weighted by Crippen LogP contribution is 2.30. The van der Waals surface area contributed by atoms with Gasteiger partial charge in [-0.05, 0) is 61.8 Å². The van der Waals surface area contributed by atoms with E-state index in [1.807, 2.05) is 30.3 Å². The van der Waals surface area contributed by atoms with Crippen LogP contribution in [-0.2, 0) is 14.3 Å². The Hall–Kier alpha value is -2.64. The quantitative estimate of drug-likeness (QED) is 0.637. The predicted octanol–water partition coefficient (Wildman–Crippen LogP) is 4.92. The van der Waals surface area contributed by atoms with Crippen LogP contribution in [0.5, 0.6) is 0 Å². The molecule has 0 atom stereocenters. The van der Waals surface area contributed by atoms with Gasteiger partial charge >= 0.3 is 12.1 Å². The van der Waals surface area contributed by atoms with Crippen LogP contribution < -0.4 is 4.90 Å². The first-order valence-corrected chi connectivity index (χ1v) is 10.3. The molecule has 2 aromatic rings. The summed E-state index contributed by atoms with van der Waals surface area (Å²) in [6, 6.07) is 12.6. The number of nitrogens with zero attached hydrogens (tertiary/aromatic N) is 2. The van der Waals surface area contributed by atoms with Crippen molar-refractivity contribution in [3.8, 4) is 0 Å². The molecule has 160 valence electrons. The van der Waals surface area contributed by atoms with Crippen LogP contribution in [0.25, 0.3) is 0 Å². The minimum atomic E-state index is -0.950. The van der Waals surface area contributed by atoms with Gasteiger partial charge in [-0.15, -0.1) is 0 Å². The molecule has 1 N–H and O–H groups in total. The van der Waals surface area contributed by atoms with Crippen LogP contribution in [-0.4, -0.2) is 42.0 Å². The fourth-order valence-corrected chi connectivity index (χ4v) is 3.65. The lowest BCUT2D eigenvalue weighted by molar-refractivity contribution is -0.142. The number of carbonyl (C=O) groups is 2. The molecule has 1 fully saturated rings. The molecule has 1 aromatic heterocycles. The highest BCUT2D eigenvalue weighted by atomic mass is 35.5. The topological polar surface area (TPSA) is 89.0 Å². The van der Waals surface area contributed by atoms with E-state index in [-0.39, 0.29) is 12.5 Å². The third-order valence-electron chi connectivity index (χ3n) is 5.13. The zero-order valence-electron chi connectivity index (χ0n) is 16.6. The van der Waals surface area contributed by atoms with E-state index in [2.05, 4.69) is 4.98 Å². The van der Waals surface area contributed by atoms with Crippen LogP contribution in [0, 0.1) is 11.8 Å². The Morgan fingerprint density at radius 1 is 1.03 bits per heavy atom. The molecule has 1 saturated carbocycles. The molecule has 0 bridgehead atoms. The van der Waals surface area contributed by atoms with Crippen LogP contribution in [0.2, 0.25) is 5.02 Å². The summed E-state index contributed by atoms with van der Waals surface area (Å²) in [5.41, 5.74) is 0.664. The number of benzene rings is 1. The number of aromatic nitrogens is 1. The van der Waals surface area contributed by atoms with Crippen molar-refractivity contribution >= 4 is 35.2 Å². The van der Waals surface area contributed by atoms with E-state index in [0.29, 0.717) is 35.7 Å². The molecule has 0 aliphatic heterocycles. The average Bonchev–Trinajstić information content (AvgIpc) is 2.75. The first-order chi connectivity index (χ1) is 14.5. The number of anilines is 2. The molecule has 0 unspecified atom stereocenters. The van der Waals surface area contributed by atoms with Crippen molar-refractivity contribution in [1.29, 1.82) is 0 Å². The summed E-state index contributed by atoms with van der Waals surface area (Å²) in [6.07, 6.45) is 4.71. The first kappa shape index (κ1) is 22.1. The van der Waals surface area contributed by atoms with Gasteiger partial charge in [-0.2, -0.15) is 0 Å². The maximum Gasteiger partial charge on any atom is 0.420 e. The van der Waals surface area contributed by atoms with Crippen LogP contribution in [0.1, 0.15) is 25.7 Å². The molecule has 1 aliphatic carbocycles. The molecule has 0 radical (unpaired) electrons. The van der Waals surface area contributed by atoms with Crippen LogP contribution in [0.15, 0.2) is 48.7 Å². The summed E-state index contributed by atoms with van der Waals surface area (Å²) in [5, 5.41) is 9.13. The molecule has 30 heavy (non-hydrogen) atoms. The van der Waals surface area contributed by atoms with E-state index < -0.39 is 12.1 Å². The van der Waals surface area contributed by atoms with Gasteiger partial charge in [0.15, 0.2) is 0 Å². The Balaban J connectivity index is 1.54. The van der Waals surface area contributed by atoms with Gasteiger partial charge in [0.1, 0.15) is 12.4 Å². The van der Waals surface area contributed by atoms with Gasteiger partial charge in [-0.3, -0.25) is 0 Å². The van der Waals surface area contributed by atoms with Crippen molar-refractivity contribution in [3.05, 3.63) is 53.7 Å². The van der Waals surface area contributed by atoms with Gasteiger partial charge in [-0.1, -0.05) is 29.8 Å². The van der Waals surface area contributed by atoms with Crippen molar-refractivity contribution in [1.82, 2.24) is 4.98 Å². The van der Waals surface area contributed by atoms with Crippen LogP contribution in [0.4, 0.5) is 16.3 Å². The third-order valence-corrected chi connectivity index (χ3v) is 5.35. The molecular weight excluding hydrogens is 408 g/mol. The minimum Gasteiger partial charge on any atom is -0.480 e. The number of hydrogen-bond donors (Lipinski definition) is 1. The number of carboxylic acid groups (broad SMARTS) is 1. The van der Waals surface area contributed by atoms with E-state index in [1.54, 1.807) is 12.1 Å². The van der Waals surface area contributed by atoms with Crippen molar-refractivity contribution < 1.29 is 24.2 Å². The predicted molar refractivity (Wildman–Crippen MR) is 113 cm³/mol. The molecule has 0 saturated heterocycles. The second-order valence-corrected chi connectivity index (χ2v) is 7.81. The number of hydrogen-bond acceptors (Lipinski definition) is 5. The maximum atomic E-state index is 12.9. The molecule has 8 heteroatoms. The maximum absolute atomic E-state index is 12.9. The van der Waals surface area contributed by atoms with Gasteiger partial charge in [0, 0.05) is 6.20 Å². The average molecular weight is 433 g/mol. The van der Waals surface area contributed by atoms with E-state index in [0.717, 1.165) is 25.7 Å². The number of amides is 1. The Labute approximate surface area is 180 Å². The smallest absolute Gasteiger partial charge is 0.420 e. The highest BCUT2D eigenvalue weighted by Gasteiger charge is 2.25. The monoisotopic (exact) mass is 432 g/mol. The Bertz CT molecular complexity index is 823. The summed E-state index contributed by atoms with van der Waals surface area (Å²) in [4.78, 5) is 29.1.